The van der Waals surface area contributed by atoms with Gasteiger partial charge in [0, 0.05) is 30.2 Å². The number of fused-ring (bicyclic) bond motifs is 2. The molecule has 10 heteroatoms. The number of benzene rings is 1. The van der Waals surface area contributed by atoms with Crippen molar-refractivity contribution < 1.29 is 9.53 Å². The Bertz CT molecular complexity index is 1260. The third-order valence-corrected chi connectivity index (χ3v) is 5.27. The summed E-state index contributed by atoms with van der Waals surface area (Å²) in [5.41, 5.74) is 4.27. The molecule has 0 spiro atoms. The number of carbonyl (C=O) groups excluding carboxylic acids is 1. The minimum absolute atomic E-state index is 0.0745. The predicted octanol–water partition coefficient (Wildman–Crippen LogP) is 1.63. The molecule has 0 aliphatic carbocycles. The number of hydrogen-bond acceptors (Lipinski definition) is 7. The summed E-state index contributed by atoms with van der Waals surface area (Å²) >= 11 is 0. The van der Waals surface area contributed by atoms with Crippen LogP contribution in [0.25, 0.3) is 16.8 Å². The highest BCUT2D eigenvalue weighted by molar-refractivity contribution is 5.94. The Morgan fingerprint density at radius 2 is 2.00 bits per heavy atom. The zero-order valence-electron chi connectivity index (χ0n) is 17.6. The molecule has 0 radical (unpaired) electrons. The molecule has 5 rings (SSSR count). The molecule has 1 aliphatic rings. The van der Waals surface area contributed by atoms with Crippen LogP contribution in [0.4, 0.5) is 5.69 Å². The van der Waals surface area contributed by atoms with Crippen molar-refractivity contribution in [2.24, 2.45) is 0 Å². The van der Waals surface area contributed by atoms with Gasteiger partial charge in [-0.15, -0.1) is 5.10 Å². The second kappa shape index (κ2) is 8.05. The van der Waals surface area contributed by atoms with E-state index in [1.165, 1.54) is 0 Å². The first kappa shape index (κ1) is 19.6. The molecular weight excluding hydrogens is 396 g/mol. The van der Waals surface area contributed by atoms with Gasteiger partial charge in [-0.2, -0.15) is 4.98 Å². The minimum atomic E-state index is -0.183. The van der Waals surface area contributed by atoms with Crippen LogP contribution in [0.3, 0.4) is 0 Å². The normalized spacial score (nSPS) is 15.0. The highest BCUT2D eigenvalue weighted by Gasteiger charge is 2.15. The topological polar surface area (TPSA) is 113 Å². The van der Waals surface area contributed by atoms with Crippen LogP contribution in [0.2, 0.25) is 0 Å². The van der Waals surface area contributed by atoms with Crippen molar-refractivity contribution in [3.05, 3.63) is 47.3 Å². The Balaban J connectivity index is 1.27. The Labute approximate surface area is 178 Å². The number of rotatable bonds is 5. The van der Waals surface area contributed by atoms with Gasteiger partial charge in [0.15, 0.2) is 5.82 Å². The molecule has 160 valence electrons. The maximum Gasteiger partial charge on any atom is 0.252 e. The van der Waals surface area contributed by atoms with E-state index in [0.29, 0.717) is 17.3 Å². The first-order valence-electron chi connectivity index (χ1n) is 10.3. The average molecular weight is 420 g/mol. The molecular formula is C21H24N8O2. The summed E-state index contributed by atoms with van der Waals surface area (Å²) in [4.78, 5) is 31.6. The van der Waals surface area contributed by atoms with Crippen molar-refractivity contribution >= 4 is 28.4 Å². The number of aromatic nitrogens is 6. The third kappa shape index (κ3) is 4.25. The molecule has 1 saturated heterocycles. The van der Waals surface area contributed by atoms with E-state index in [0.717, 1.165) is 61.1 Å². The zero-order valence-corrected chi connectivity index (χ0v) is 17.6. The molecule has 0 atom stereocenters. The number of morpholine rings is 1. The summed E-state index contributed by atoms with van der Waals surface area (Å²) in [6, 6.07) is 7.59. The molecule has 3 aromatic heterocycles. The fourth-order valence-electron chi connectivity index (χ4n) is 3.82. The van der Waals surface area contributed by atoms with Gasteiger partial charge >= 0.3 is 0 Å². The van der Waals surface area contributed by atoms with Gasteiger partial charge < -0.3 is 15.0 Å². The number of nitrogens with zero attached hydrogens (tertiary/aromatic N) is 6. The number of anilines is 1. The maximum absolute atomic E-state index is 12.5. The van der Waals surface area contributed by atoms with Crippen molar-refractivity contribution in [1.82, 2.24) is 34.4 Å². The molecule has 1 aliphatic heterocycles. The van der Waals surface area contributed by atoms with Crippen molar-refractivity contribution in [2.75, 3.05) is 31.6 Å². The Kier molecular flexibility index (Phi) is 5.08. The lowest BCUT2D eigenvalue weighted by Crippen LogP contribution is -2.35. The fraction of sp³-hybridized carbons (Fsp3) is 0.381. The van der Waals surface area contributed by atoms with Crippen LogP contribution in [0.1, 0.15) is 23.0 Å². The van der Waals surface area contributed by atoms with Gasteiger partial charge in [-0.3, -0.25) is 9.69 Å². The number of ether oxygens (including phenoxy) is 1. The van der Waals surface area contributed by atoms with Crippen molar-refractivity contribution in [3.8, 4) is 0 Å². The highest BCUT2D eigenvalue weighted by Crippen LogP contribution is 2.18. The van der Waals surface area contributed by atoms with Crippen LogP contribution < -0.4 is 5.32 Å². The van der Waals surface area contributed by atoms with Gasteiger partial charge in [-0.1, -0.05) is 0 Å². The summed E-state index contributed by atoms with van der Waals surface area (Å²) in [5, 5.41) is 7.32. The maximum atomic E-state index is 12.5. The Hall–Kier alpha value is -3.37. The standard InChI is InChI=1S/C21H24N8O2/c1-13-9-14(2)29-21(22-13)26-18(27-29)11-20(30)23-15-3-4-16-17(10-15)25-19(24-16)12-28-5-7-31-8-6-28/h3-4,9-10H,5-8,11-12H2,1-2H3,(H,23,30)(H,24,25). The van der Waals surface area contributed by atoms with Gasteiger partial charge in [-0.05, 0) is 38.1 Å². The van der Waals surface area contributed by atoms with Crippen molar-refractivity contribution in [1.29, 1.82) is 0 Å². The van der Waals surface area contributed by atoms with Crippen LogP contribution in [-0.4, -0.2) is 66.7 Å². The molecule has 0 saturated carbocycles. The molecule has 4 aromatic rings. The van der Waals surface area contributed by atoms with Crippen LogP contribution >= 0.6 is 0 Å². The van der Waals surface area contributed by atoms with E-state index in [2.05, 4.69) is 35.3 Å². The average Bonchev–Trinajstić information content (AvgIpc) is 3.31. The van der Waals surface area contributed by atoms with Gasteiger partial charge in [-0.25, -0.2) is 14.5 Å². The summed E-state index contributed by atoms with van der Waals surface area (Å²) in [6.07, 6.45) is 0.0745. The number of carbonyl (C=O) groups is 1. The molecule has 1 fully saturated rings. The zero-order chi connectivity index (χ0) is 21.4. The van der Waals surface area contributed by atoms with Crippen LogP contribution in [0.15, 0.2) is 24.3 Å². The van der Waals surface area contributed by atoms with E-state index in [1.54, 1.807) is 4.52 Å². The lowest BCUT2D eigenvalue weighted by atomic mass is 10.2. The smallest absolute Gasteiger partial charge is 0.252 e. The van der Waals surface area contributed by atoms with E-state index in [9.17, 15) is 4.79 Å². The molecule has 2 N–H and O–H groups in total. The molecule has 10 nitrogen and oxygen atoms in total. The highest BCUT2D eigenvalue weighted by atomic mass is 16.5. The quantitative estimate of drug-likeness (QED) is 0.504. The number of H-pyrrole nitrogens is 1. The van der Waals surface area contributed by atoms with Crippen LogP contribution in [0.5, 0.6) is 0 Å². The van der Waals surface area contributed by atoms with E-state index in [4.69, 9.17) is 4.74 Å². The molecule has 1 aromatic carbocycles. The molecule has 0 bridgehead atoms. The number of nitrogens with one attached hydrogen (secondary N) is 2. The summed E-state index contributed by atoms with van der Waals surface area (Å²) in [5.74, 6) is 1.67. The van der Waals surface area contributed by atoms with Gasteiger partial charge in [0.05, 0.1) is 37.2 Å². The number of hydrogen-bond donors (Lipinski definition) is 2. The van der Waals surface area contributed by atoms with E-state index < -0.39 is 0 Å². The second-order valence-electron chi connectivity index (χ2n) is 7.81. The lowest BCUT2D eigenvalue weighted by Gasteiger charge is -2.25. The van der Waals surface area contributed by atoms with Crippen LogP contribution in [0, 0.1) is 13.8 Å². The lowest BCUT2D eigenvalue weighted by molar-refractivity contribution is -0.115. The molecule has 31 heavy (non-hydrogen) atoms. The van der Waals surface area contributed by atoms with E-state index in [1.807, 2.05) is 38.1 Å². The summed E-state index contributed by atoms with van der Waals surface area (Å²) in [6.45, 7) is 7.93. The second-order valence-corrected chi connectivity index (χ2v) is 7.81. The fourth-order valence-corrected chi connectivity index (χ4v) is 3.82. The number of imidazole rings is 1. The van der Waals surface area contributed by atoms with Crippen LogP contribution in [-0.2, 0) is 22.5 Å². The minimum Gasteiger partial charge on any atom is -0.379 e. The van der Waals surface area contributed by atoms with Gasteiger partial charge in [0.2, 0.25) is 5.91 Å². The molecule has 0 unspecified atom stereocenters. The first-order valence-corrected chi connectivity index (χ1v) is 10.3. The predicted molar refractivity (Wildman–Crippen MR) is 115 cm³/mol. The molecule has 1 amide bonds. The van der Waals surface area contributed by atoms with Crippen molar-refractivity contribution in [2.45, 2.75) is 26.8 Å². The van der Waals surface area contributed by atoms with E-state index >= 15 is 0 Å². The third-order valence-electron chi connectivity index (χ3n) is 5.27. The summed E-state index contributed by atoms with van der Waals surface area (Å²) < 4.78 is 7.05. The first-order chi connectivity index (χ1) is 15.0. The monoisotopic (exact) mass is 420 g/mol. The number of amides is 1. The summed E-state index contributed by atoms with van der Waals surface area (Å²) in [7, 11) is 0. The Morgan fingerprint density at radius 1 is 1.16 bits per heavy atom. The largest absolute Gasteiger partial charge is 0.379 e. The van der Waals surface area contributed by atoms with E-state index in [-0.39, 0.29) is 12.3 Å². The van der Waals surface area contributed by atoms with Gasteiger partial charge in [0.1, 0.15) is 5.82 Å². The number of aryl methyl sites for hydroxylation is 2. The van der Waals surface area contributed by atoms with Gasteiger partial charge in [0.25, 0.3) is 5.78 Å². The number of aromatic amines is 1. The van der Waals surface area contributed by atoms with Crippen molar-refractivity contribution in [3.63, 3.8) is 0 Å². The Morgan fingerprint density at radius 3 is 2.84 bits per heavy atom. The SMILES string of the molecule is Cc1cc(C)n2nc(CC(=O)Nc3ccc4nc(CN5CCOCC5)[nH]c4c3)nc2n1. The molecule has 4 heterocycles.